The number of rotatable bonds is 3. The van der Waals surface area contributed by atoms with Gasteiger partial charge in [-0.2, -0.15) is 0 Å². The number of aromatic nitrogens is 1. The molecule has 0 atom stereocenters. The summed E-state index contributed by atoms with van der Waals surface area (Å²) in [6.45, 7) is 8.93. The lowest BCUT2D eigenvalue weighted by Gasteiger charge is -2.19. The Morgan fingerprint density at radius 3 is 2.65 bits per heavy atom. The zero-order chi connectivity index (χ0) is 12.5. The maximum absolute atomic E-state index is 5.45. The van der Waals surface area contributed by atoms with Crippen molar-refractivity contribution in [2.45, 2.75) is 39.8 Å². The van der Waals surface area contributed by atoms with Crippen molar-refractivity contribution in [3.05, 3.63) is 29.9 Å². The summed E-state index contributed by atoms with van der Waals surface area (Å²) in [6, 6.07) is 3.76. The normalized spacial score (nSPS) is 12.0. The zero-order valence-corrected chi connectivity index (χ0v) is 10.7. The second-order valence-electron chi connectivity index (χ2n) is 5.16. The van der Waals surface area contributed by atoms with Gasteiger partial charge in [0.1, 0.15) is 12.0 Å². The Morgan fingerprint density at radius 1 is 1.29 bits per heavy atom. The smallest absolute Gasteiger partial charge is 0.263 e. The van der Waals surface area contributed by atoms with Crippen LogP contribution < -0.4 is 5.32 Å². The van der Waals surface area contributed by atoms with Crippen LogP contribution in [0.5, 0.6) is 0 Å². The number of hydrogen-bond donors (Lipinski definition) is 1. The third-order valence-electron chi connectivity index (χ3n) is 2.30. The van der Waals surface area contributed by atoms with E-state index in [9.17, 15) is 0 Å². The van der Waals surface area contributed by atoms with Crippen LogP contribution in [0.3, 0.4) is 0 Å². The van der Waals surface area contributed by atoms with Crippen molar-refractivity contribution >= 4 is 0 Å². The highest BCUT2D eigenvalue weighted by atomic mass is 16.4. The number of nitrogens with one attached hydrogen (secondary N) is 1. The summed E-state index contributed by atoms with van der Waals surface area (Å²) >= 11 is 0. The first-order valence-corrected chi connectivity index (χ1v) is 5.70. The Bertz CT molecular complexity index is 491. The summed E-state index contributed by atoms with van der Waals surface area (Å²) in [7, 11) is 0. The molecular weight excluding hydrogens is 216 g/mol. The van der Waals surface area contributed by atoms with Gasteiger partial charge in [-0.1, -0.05) is 0 Å². The van der Waals surface area contributed by atoms with Crippen LogP contribution >= 0.6 is 0 Å². The van der Waals surface area contributed by atoms with Crippen molar-refractivity contribution < 1.29 is 8.83 Å². The molecule has 4 heteroatoms. The van der Waals surface area contributed by atoms with E-state index in [-0.39, 0.29) is 5.54 Å². The molecule has 2 aromatic rings. The van der Waals surface area contributed by atoms with Crippen molar-refractivity contribution in [2.24, 2.45) is 0 Å². The van der Waals surface area contributed by atoms with Gasteiger partial charge >= 0.3 is 0 Å². The summed E-state index contributed by atoms with van der Waals surface area (Å²) in [5.74, 6) is 2.06. The van der Waals surface area contributed by atoms with Crippen LogP contribution in [-0.4, -0.2) is 10.5 Å². The molecule has 4 nitrogen and oxygen atoms in total. The molecule has 0 amide bonds. The SMILES string of the molecule is Cc1ccc(-c2nc(CNC(C)(C)C)co2)o1. The number of aryl methyl sites for hydroxylation is 1. The highest BCUT2D eigenvalue weighted by molar-refractivity contribution is 5.44. The summed E-state index contributed by atoms with van der Waals surface area (Å²) in [5.41, 5.74) is 0.949. The number of nitrogens with zero attached hydrogens (tertiary/aromatic N) is 1. The lowest BCUT2D eigenvalue weighted by atomic mass is 10.1. The molecule has 0 bridgehead atoms. The fraction of sp³-hybridized carbons (Fsp3) is 0.462. The van der Waals surface area contributed by atoms with Gasteiger partial charge in [0.05, 0.1) is 5.69 Å². The summed E-state index contributed by atoms with van der Waals surface area (Å²) in [5, 5.41) is 3.36. The molecule has 0 radical (unpaired) electrons. The van der Waals surface area contributed by atoms with Gasteiger partial charge in [0.15, 0.2) is 5.76 Å². The molecule has 1 N–H and O–H groups in total. The molecule has 0 spiro atoms. The first-order valence-electron chi connectivity index (χ1n) is 5.70. The van der Waals surface area contributed by atoms with Crippen molar-refractivity contribution in [1.29, 1.82) is 0 Å². The van der Waals surface area contributed by atoms with Crippen LogP contribution in [0.25, 0.3) is 11.7 Å². The molecule has 0 saturated heterocycles. The van der Waals surface area contributed by atoms with E-state index in [0.717, 1.165) is 11.5 Å². The molecule has 0 saturated carbocycles. The quantitative estimate of drug-likeness (QED) is 0.886. The number of furan rings is 1. The average Bonchev–Trinajstić information content (AvgIpc) is 2.81. The van der Waals surface area contributed by atoms with Crippen molar-refractivity contribution in [3.8, 4) is 11.7 Å². The first-order chi connectivity index (χ1) is 7.94. The molecule has 92 valence electrons. The second-order valence-corrected chi connectivity index (χ2v) is 5.16. The van der Waals surface area contributed by atoms with Gasteiger partial charge in [0.25, 0.3) is 5.89 Å². The monoisotopic (exact) mass is 234 g/mol. The van der Waals surface area contributed by atoms with Crippen molar-refractivity contribution in [3.63, 3.8) is 0 Å². The van der Waals surface area contributed by atoms with Gasteiger partial charge in [-0.25, -0.2) is 4.98 Å². The zero-order valence-electron chi connectivity index (χ0n) is 10.7. The fourth-order valence-electron chi connectivity index (χ4n) is 1.41. The Morgan fingerprint density at radius 2 is 2.06 bits per heavy atom. The Hall–Kier alpha value is -1.55. The number of hydrogen-bond acceptors (Lipinski definition) is 4. The van der Waals surface area contributed by atoms with E-state index in [1.54, 1.807) is 6.26 Å². The molecule has 0 aromatic carbocycles. The Labute approximate surface area is 101 Å². The lowest BCUT2D eigenvalue weighted by molar-refractivity contribution is 0.421. The molecule has 0 fully saturated rings. The topological polar surface area (TPSA) is 51.2 Å². The predicted octanol–water partition coefficient (Wildman–Crippen LogP) is 3.13. The standard InChI is InChI=1S/C13H18N2O2/c1-9-5-6-11(17-9)12-15-10(8-16-12)7-14-13(2,3)4/h5-6,8,14H,7H2,1-4H3. The van der Waals surface area contributed by atoms with E-state index in [1.165, 1.54) is 0 Å². The van der Waals surface area contributed by atoms with E-state index in [0.29, 0.717) is 18.2 Å². The van der Waals surface area contributed by atoms with E-state index < -0.39 is 0 Å². The second kappa shape index (κ2) is 4.37. The molecular formula is C13H18N2O2. The summed E-state index contributed by atoms with van der Waals surface area (Å²) < 4.78 is 10.8. The molecule has 0 aliphatic rings. The minimum atomic E-state index is 0.0698. The molecule has 2 heterocycles. The third kappa shape index (κ3) is 3.20. The Kier molecular flexibility index (Phi) is 3.07. The van der Waals surface area contributed by atoms with Crippen LogP contribution in [0, 0.1) is 6.92 Å². The van der Waals surface area contributed by atoms with Crippen LogP contribution in [0.2, 0.25) is 0 Å². The molecule has 2 rings (SSSR count). The van der Waals surface area contributed by atoms with Crippen LogP contribution in [0.15, 0.2) is 27.2 Å². The predicted molar refractivity (Wildman–Crippen MR) is 65.5 cm³/mol. The molecule has 17 heavy (non-hydrogen) atoms. The molecule has 2 aromatic heterocycles. The van der Waals surface area contributed by atoms with Crippen LogP contribution in [0.1, 0.15) is 32.2 Å². The van der Waals surface area contributed by atoms with Crippen molar-refractivity contribution in [2.75, 3.05) is 0 Å². The minimum absolute atomic E-state index is 0.0698. The summed E-state index contributed by atoms with van der Waals surface area (Å²) in [6.07, 6.45) is 1.66. The van der Waals surface area contributed by atoms with E-state index in [4.69, 9.17) is 8.83 Å². The minimum Gasteiger partial charge on any atom is -0.456 e. The van der Waals surface area contributed by atoms with Gasteiger partial charge < -0.3 is 14.2 Å². The molecule has 0 aliphatic heterocycles. The average molecular weight is 234 g/mol. The van der Waals surface area contributed by atoms with Crippen LogP contribution in [0.4, 0.5) is 0 Å². The largest absolute Gasteiger partial charge is 0.456 e. The van der Waals surface area contributed by atoms with Crippen LogP contribution in [-0.2, 0) is 6.54 Å². The molecule has 0 unspecified atom stereocenters. The highest BCUT2D eigenvalue weighted by Crippen LogP contribution is 2.21. The maximum Gasteiger partial charge on any atom is 0.263 e. The Balaban J connectivity index is 2.06. The van der Waals surface area contributed by atoms with Gasteiger partial charge in [0.2, 0.25) is 0 Å². The third-order valence-corrected chi connectivity index (χ3v) is 2.30. The van der Waals surface area contributed by atoms with Gasteiger partial charge in [0, 0.05) is 12.1 Å². The van der Waals surface area contributed by atoms with Gasteiger partial charge in [-0.05, 0) is 39.8 Å². The first kappa shape index (κ1) is 11.9. The highest BCUT2D eigenvalue weighted by Gasteiger charge is 2.13. The van der Waals surface area contributed by atoms with Gasteiger partial charge in [-0.3, -0.25) is 0 Å². The van der Waals surface area contributed by atoms with Crippen molar-refractivity contribution in [1.82, 2.24) is 10.3 Å². The number of oxazole rings is 1. The lowest BCUT2D eigenvalue weighted by Crippen LogP contribution is -2.35. The fourth-order valence-corrected chi connectivity index (χ4v) is 1.41. The van der Waals surface area contributed by atoms with E-state index >= 15 is 0 Å². The van der Waals surface area contributed by atoms with E-state index in [1.807, 2.05) is 19.1 Å². The van der Waals surface area contributed by atoms with E-state index in [2.05, 4.69) is 31.1 Å². The molecule has 0 aliphatic carbocycles. The summed E-state index contributed by atoms with van der Waals surface area (Å²) in [4.78, 5) is 4.37. The maximum atomic E-state index is 5.45. The van der Waals surface area contributed by atoms with Gasteiger partial charge in [-0.15, -0.1) is 0 Å².